The number of hydrogen-bond acceptors (Lipinski definition) is 8. The summed E-state index contributed by atoms with van der Waals surface area (Å²) >= 11 is 0. The largest absolute Gasteiger partial charge is 0.350 e. The van der Waals surface area contributed by atoms with E-state index in [-0.39, 0.29) is 33.9 Å². The van der Waals surface area contributed by atoms with Crippen molar-refractivity contribution < 1.29 is 35.5 Å². The van der Waals surface area contributed by atoms with E-state index in [4.69, 9.17) is 9.11 Å². The van der Waals surface area contributed by atoms with Crippen molar-refractivity contribution in [2.45, 2.75) is 9.79 Å². The molecule has 0 atom stereocenters. The molecule has 0 aromatic heterocycles. The zero-order chi connectivity index (χ0) is 20.4. The van der Waals surface area contributed by atoms with Crippen LogP contribution in [0.15, 0.2) is 57.6 Å². The number of fused-ring (bicyclic) bond motifs is 2. The minimum atomic E-state index is -4.48. The summed E-state index contributed by atoms with van der Waals surface area (Å²) in [7, 11) is -8.96. The van der Waals surface area contributed by atoms with Gasteiger partial charge in [0.15, 0.2) is 0 Å². The number of Topliss-reactive ketones (excluding diaryl/α,β-unsaturated/α-hetero) is 2. The molecule has 2 aromatic rings. The number of ketones is 2. The van der Waals surface area contributed by atoms with Crippen LogP contribution in [0.1, 0.15) is 20.7 Å². The lowest BCUT2D eigenvalue weighted by Gasteiger charge is -2.04. The maximum Gasteiger partial charge on any atom is 0.294 e. The van der Waals surface area contributed by atoms with E-state index in [0.717, 1.165) is 24.3 Å². The molecule has 0 spiro atoms. The summed E-state index contributed by atoms with van der Waals surface area (Å²) < 4.78 is 63.3. The Kier molecular flexibility index (Phi) is 3.74. The second kappa shape index (κ2) is 5.72. The minimum Gasteiger partial charge on any atom is -0.350 e. The van der Waals surface area contributed by atoms with E-state index in [1.807, 2.05) is 0 Å². The Hall–Kier alpha value is -3.06. The van der Waals surface area contributed by atoms with Gasteiger partial charge in [-0.1, -0.05) is 0 Å². The van der Waals surface area contributed by atoms with Crippen LogP contribution in [0.25, 0.3) is 0 Å². The quantitative estimate of drug-likeness (QED) is 0.409. The van der Waals surface area contributed by atoms with Gasteiger partial charge in [0.05, 0.1) is 21.2 Å². The molecule has 0 saturated carbocycles. The second-order valence-electron chi connectivity index (χ2n) is 6.02. The number of anilines is 2. The number of hydrogen-bond donors (Lipinski definition) is 4. The fourth-order valence-corrected chi connectivity index (χ4v) is 3.99. The van der Waals surface area contributed by atoms with E-state index in [2.05, 4.69) is 10.6 Å². The molecular formula is C16H10N2O8S2. The molecule has 2 aliphatic heterocycles. The zero-order valence-corrected chi connectivity index (χ0v) is 15.3. The highest BCUT2D eigenvalue weighted by molar-refractivity contribution is 7.86. The summed E-state index contributed by atoms with van der Waals surface area (Å²) in [5.74, 6) is -1.17. The lowest BCUT2D eigenvalue weighted by atomic mass is 10.1. The van der Waals surface area contributed by atoms with Crippen LogP contribution in [0.5, 0.6) is 0 Å². The Morgan fingerprint density at radius 2 is 1.00 bits per heavy atom. The number of allylic oxidation sites excluding steroid dienone is 2. The normalized spacial score (nSPS) is 18.5. The molecule has 0 fully saturated rings. The average Bonchev–Trinajstić information content (AvgIpc) is 3.10. The van der Waals surface area contributed by atoms with Gasteiger partial charge in [-0.15, -0.1) is 0 Å². The van der Waals surface area contributed by atoms with Gasteiger partial charge in [-0.05, 0) is 36.4 Å². The van der Waals surface area contributed by atoms with Gasteiger partial charge in [-0.25, -0.2) is 0 Å². The molecule has 0 saturated heterocycles. The Labute approximate surface area is 158 Å². The monoisotopic (exact) mass is 422 g/mol. The third-order valence-corrected chi connectivity index (χ3v) is 5.99. The molecule has 12 heteroatoms. The van der Waals surface area contributed by atoms with Crippen LogP contribution in [0.2, 0.25) is 0 Å². The summed E-state index contributed by atoms with van der Waals surface area (Å²) in [4.78, 5) is 24.4. The summed E-state index contributed by atoms with van der Waals surface area (Å²) in [5.41, 5.74) is 0.0611. The second-order valence-corrected chi connectivity index (χ2v) is 8.87. The van der Waals surface area contributed by atoms with Gasteiger partial charge in [0, 0.05) is 11.1 Å². The van der Waals surface area contributed by atoms with Crippen LogP contribution in [-0.2, 0) is 20.2 Å². The van der Waals surface area contributed by atoms with E-state index in [0.29, 0.717) is 0 Å². The smallest absolute Gasteiger partial charge is 0.294 e. The Morgan fingerprint density at radius 3 is 1.32 bits per heavy atom. The number of carbonyl (C=O) groups is 2. The van der Waals surface area contributed by atoms with Gasteiger partial charge in [-0.3, -0.25) is 18.7 Å². The van der Waals surface area contributed by atoms with Gasteiger partial charge in [0.2, 0.25) is 11.6 Å². The van der Waals surface area contributed by atoms with Crippen LogP contribution in [0.3, 0.4) is 0 Å². The first-order valence-corrected chi connectivity index (χ1v) is 10.5. The molecule has 0 radical (unpaired) electrons. The Morgan fingerprint density at radius 1 is 0.643 bits per heavy atom. The van der Waals surface area contributed by atoms with Crippen LogP contribution in [-0.4, -0.2) is 37.5 Å². The van der Waals surface area contributed by atoms with E-state index in [1.54, 1.807) is 0 Å². The summed E-state index contributed by atoms with van der Waals surface area (Å²) in [6, 6.07) is 6.61. The Bertz CT molecular complexity index is 1240. The Balaban J connectivity index is 1.78. The van der Waals surface area contributed by atoms with Crippen LogP contribution < -0.4 is 10.6 Å². The van der Waals surface area contributed by atoms with Gasteiger partial charge in [-0.2, -0.15) is 16.8 Å². The molecule has 4 N–H and O–H groups in total. The average molecular weight is 422 g/mol. The maximum absolute atomic E-state index is 12.6. The lowest BCUT2D eigenvalue weighted by molar-refractivity contribution is 0.101. The number of benzene rings is 2. The van der Waals surface area contributed by atoms with Gasteiger partial charge in [0.25, 0.3) is 20.2 Å². The molecule has 0 amide bonds. The van der Waals surface area contributed by atoms with Crippen molar-refractivity contribution in [1.82, 2.24) is 0 Å². The molecule has 2 aliphatic rings. The van der Waals surface area contributed by atoms with E-state index < -0.39 is 41.6 Å². The predicted octanol–water partition coefficient (Wildman–Crippen LogP) is 1.31. The fourth-order valence-electron chi connectivity index (χ4n) is 2.97. The molecule has 2 aromatic carbocycles. The predicted molar refractivity (Wildman–Crippen MR) is 95.4 cm³/mol. The minimum absolute atomic E-state index is 0.0896. The first kappa shape index (κ1) is 18.3. The van der Waals surface area contributed by atoms with Crippen molar-refractivity contribution in [3.63, 3.8) is 0 Å². The van der Waals surface area contributed by atoms with Crippen molar-refractivity contribution >= 4 is 43.2 Å². The topological polar surface area (TPSA) is 167 Å². The number of carbonyl (C=O) groups excluding carboxylic acids is 2. The SMILES string of the molecule is O=C1/C(=C2\Nc3cc(S(=O)(=O)O)ccc3C2=O)Nc2cc(S(=O)(=O)O)ccc21. The highest BCUT2D eigenvalue weighted by Gasteiger charge is 2.35. The first-order valence-electron chi connectivity index (χ1n) is 7.57. The van der Waals surface area contributed by atoms with E-state index >= 15 is 0 Å². The fraction of sp³-hybridized carbons (Fsp3) is 0. The molecule has 4 rings (SSSR count). The highest BCUT2D eigenvalue weighted by Crippen LogP contribution is 2.36. The van der Waals surface area contributed by atoms with Crippen molar-refractivity contribution in [2.75, 3.05) is 10.6 Å². The van der Waals surface area contributed by atoms with Crippen LogP contribution in [0, 0.1) is 0 Å². The first-order chi connectivity index (χ1) is 13.0. The van der Waals surface area contributed by atoms with Gasteiger partial charge < -0.3 is 10.6 Å². The highest BCUT2D eigenvalue weighted by atomic mass is 32.2. The molecule has 28 heavy (non-hydrogen) atoms. The molecule has 0 aliphatic carbocycles. The van der Waals surface area contributed by atoms with Gasteiger partial charge in [0.1, 0.15) is 11.4 Å². The molecule has 10 nitrogen and oxygen atoms in total. The molecular weight excluding hydrogens is 412 g/mol. The van der Waals surface area contributed by atoms with Crippen molar-refractivity contribution in [3.8, 4) is 0 Å². The molecule has 0 bridgehead atoms. The summed E-state index contributed by atoms with van der Waals surface area (Å²) in [5, 5.41) is 5.30. The molecule has 144 valence electrons. The standard InChI is InChI=1S/C16H10N2O8S2/c19-15-9-3-1-7(27(21,22)23)5-11(9)17-13(15)14-16(20)10-4-2-8(28(24,25)26)6-12(10)18-14/h1-6,17-18H,(H,21,22,23)(H,24,25,26)/b14-13+. The van der Waals surface area contributed by atoms with Gasteiger partial charge >= 0.3 is 0 Å². The third-order valence-electron chi connectivity index (χ3n) is 4.29. The van der Waals surface area contributed by atoms with Crippen molar-refractivity contribution in [2.24, 2.45) is 0 Å². The number of nitrogens with one attached hydrogen (secondary N) is 2. The van der Waals surface area contributed by atoms with Crippen LogP contribution in [0.4, 0.5) is 11.4 Å². The zero-order valence-electron chi connectivity index (χ0n) is 13.6. The summed E-state index contributed by atoms with van der Waals surface area (Å²) in [6.45, 7) is 0. The lowest BCUT2D eigenvalue weighted by Crippen LogP contribution is -2.13. The third kappa shape index (κ3) is 2.79. The van der Waals surface area contributed by atoms with Crippen molar-refractivity contribution in [3.05, 3.63) is 58.9 Å². The molecule has 0 unspecified atom stereocenters. The van der Waals surface area contributed by atoms with E-state index in [1.165, 1.54) is 12.1 Å². The van der Waals surface area contributed by atoms with E-state index in [9.17, 15) is 26.4 Å². The van der Waals surface area contributed by atoms with Crippen molar-refractivity contribution in [1.29, 1.82) is 0 Å². The number of rotatable bonds is 2. The molecule has 2 heterocycles. The summed E-state index contributed by atoms with van der Waals surface area (Å²) in [6.07, 6.45) is 0. The van der Waals surface area contributed by atoms with Crippen LogP contribution >= 0.6 is 0 Å². The maximum atomic E-state index is 12.6.